The molecular formula is C15H15N5O. The second-order valence-corrected chi connectivity index (χ2v) is 5.22. The van der Waals surface area contributed by atoms with Gasteiger partial charge in [0.05, 0.1) is 5.69 Å². The van der Waals surface area contributed by atoms with Crippen LogP contribution in [0.25, 0.3) is 23.0 Å². The lowest BCUT2D eigenvalue weighted by molar-refractivity contribution is 0.430. The molecule has 3 aromatic rings. The highest BCUT2D eigenvalue weighted by Gasteiger charge is 2.23. The van der Waals surface area contributed by atoms with Gasteiger partial charge in [0.15, 0.2) is 0 Å². The van der Waals surface area contributed by atoms with Crippen LogP contribution in [0.3, 0.4) is 0 Å². The van der Waals surface area contributed by atoms with E-state index < -0.39 is 0 Å². The van der Waals surface area contributed by atoms with Gasteiger partial charge in [0.25, 0.3) is 5.89 Å². The molecular weight excluding hydrogens is 266 g/mol. The quantitative estimate of drug-likeness (QED) is 0.722. The third kappa shape index (κ3) is 2.03. The Morgan fingerprint density at radius 3 is 2.86 bits per heavy atom. The van der Waals surface area contributed by atoms with Gasteiger partial charge in [-0.1, -0.05) is 5.16 Å². The standard InChI is InChI=1S/C15H15N5O/c1-10-17-13(12-4-2-3-9-20(10)12)15-18-14(19-21-15)11-5-7-16-8-6-11/h5-8H,2-4,9H2,1H3. The van der Waals surface area contributed by atoms with Crippen molar-refractivity contribution in [2.24, 2.45) is 0 Å². The van der Waals surface area contributed by atoms with Crippen molar-refractivity contribution in [2.45, 2.75) is 32.7 Å². The number of rotatable bonds is 2. The Bertz CT molecular complexity index is 775. The number of fused-ring (bicyclic) bond motifs is 1. The number of hydrogen-bond acceptors (Lipinski definition) is 5. The summed E-state index contributed by atoms with van der Waals surface area (Å²) in [5, 5.41) is 4.06. The number of hydrogen-bond donors (Lipinski definition) is 0. The minimum Gasteiger partial charge on any atom is -0.332 e. The van der Waals surface area contributed by atoms with E-state index in [1.54, 1.807) is 12.4 Å². The first-order chi connectivity index (χ1) is 10.3. The second kappa shape index (κ2) is 4.80. The highest BCUT2D eigenvalue weighted by Crippen LogP contribution is 2.28. The van der Waals surface area contributed by atoms with E-state index in [0.29, 0.717) is 11.7 Å². The summed E-state index contributed by atoms with van der Waals surface area (Å²) in [5.41, 5.74) is 2.94. The van der Waals surface area contributed by atoms with E-state index >= 15 is 0 Å². The third-order valence-electron chi connectivity index (χ3n) is 3.88. The van der Waals surface area contributed by atoms with Gasteiger partial charge in [-0.15, -0.1) is 0 Å². The maximum Gasteiger partial charge on any atom is 0.278 e. The maximum atomic E-state index is 5.43. The van der Waals surface area contributed by atoms with E-state index in [9.17, 15) is 0 Å². The molecule has 0 saturated heterocycles. The van der Waals surface area contributed by atoms with Gasteiger partial charge >= 0.3 is 0 Å². The lowest BCUT2D eigenvalue weighted by Gasteiger charge is -2.15. The van der Waals surface area contributed by atoms with E-state index in [2.05, 4.69) is 24.7 Å². The highest BCUT2D eigenvalue weighted by molar-refractivity contribution is 5.58. The van der Waals surface area contributed by atoms with Gasteiger partial charge in [0.2, 0.25) is 5.82 Å². The monoisotopic (exact) mass is 281 g/mol. The Labute approximate surface area is 121 Å². The van der Waals surface area contributed by atoms with Crippen molar-refractivity contribution in [1.82, 2.24) is 24.7 Å². The van der Waals surface area contributed by atoms with Crippen molar-refractivity contribution in [2.75, 3.05) is 0 Å². The topological polar surface area (TPSA) is 69.6 Å². The molecule has 3 aromatic heterocycles. The summed E-state index contributed by atoms with van der Waals surface area (Å²) in [4.78, 5) is 13.1. The fraction of sp³-hybridized carbons (Fsp3) is 0.333. The number of imidazole rings is 1. The van der Waals surface area contributed by atoms with Crippen molar-refractivity contribution in [1.29, 1.82) is 0 Å². The van der Waals surface area contributed by atoms with Crippen LogP contribution >= 0.6 is 0 Å². The summed E-state index contributed by atoms with van der Waals surface area (Å²) in [6.07, 6.45) is 6.84. The molecule has 0 atom stereocenters. The molecule has 0 amide bonds. The molecule has 0 aliphatic carbocycles. The molecule has 1 aliphatic heterocycles. The van der Waals surface area contributed by atoms with Gasteiger partial charge in [-0.05, 0) is 38.3 Å². The van der Waals surface area contributed by atoms with E-state index in [-0.39, 0.29) is 0 Å². The van der Waals surface area contributed by atoms with Crippen LogP contribution in [0.15, 0.2) is 29.0 Å². The summed E-state index contributed by atoms with van der Waals surface area (Å²) >= 11 is 0. The molecule has 0 fully saturated rings. The van der Waals surface area contributed by atoms with Crippen LogP contribution in [-0.4, -0.2) is 24.7 Å². The third-order valence-corrected chi connectivity index (χ3v) is 3.88. The number of aryl methyl sites for hydroxylation is 1. The van der Waals surface area contributed by atoms with Gasteiger partial charge in [-0.2, -0.15) is 4.98 Å². The van der Waals surface area contributed by atoms with E-state index in [1.165, 1.54) is 18.5 Å². The summed E-state index contributed by atoms with van der Waals surface area (Å²) in [6.45, 7) is 3.05. The van der Waals surface area contributed by atoms with Crippen LogP contribution in [0.2, 0.25) is 0 Å². The zero-order chi connectivity index (χ0) is 14.2. The van der Waals surface area contributed by atoms with Crippen molar-refractivity contribution < 1.29 is 4.52 Å². The van der Waals surface area contributed by atoms with Crippen LogP contribution in [0.4, 0.5) is 0 Å². The number of pyridine rings is 1. The lowest BCUT2D eigenvalue weighted by atomic mass is 10.1. The summed E-state index contributed by atoms with van der Waals surface area (Å²) in [7, 11) is 0. The molecule has 106 valence electrons. The molecule has 0 spiro atoms. The van der Waals surface area contributed by atoms with Crippen LogP contribution in [0.5, 0.6) is 0 Å². The Morgan fingerprint density at radius 1 is 1.14 bits per heavy atom. The molecule has 4 heterocycles. The molecule has 0 radical (unpaired) electrons. The summed E-state index contributed by atoms with van der Waals surface area (Å²) in [6, 6.07) is 3.73. The minimum absolute atomic E-state index is 0.501. The minimum atomic E-state index is 0.501. The van der Waals surface area contributed by atoms with Crippen LogP contribution in [-0.2, 0) is 13.0 Å². The van der Waals surface area contributed by atoms with Crippen LogP contribution < -0.4 is 0 Å². The van der Waals surface area contributed by atoms with Crippen molar-refractivity contribution >= 4 is 0 Å². The molecule has 0 aromatic carbocycles. The van der Waals surface area contributed by atoms with Gasteiger partial charge in [0, 0.05) is 24.5 Å². The fourth-order valence-corrected chi connectivity index (χ4v) is 2.83. The molecule has 21 heavy (non-hydrogen) atoms. The lowest BCUT2D eigenvalue weighted by Crippen LogP contribution is -2.11. The largest absolute Gasteiger partial charge is 0.332 e. The van der Waals surface area contributed by atoms with Gasteiger partial charge in [0.1, 0.15) is 11.5 Å². The molecule has 0 unspecified atom stereocenters. The van der Waals surface area contributed by atoms with Gasteiger partial charge < -0.3 is 9.09 Å². The Kier molecular flexibility index (Phi) is 2.80. The number of nitrogens with zero attached hydrogens (tertiary/aromatic N) is 5. The first-order valence-electron chi connectivity index (χ1n) is 7.13. The molecule has 0 saturated carbocycles. The van der Waals surface area contributed by atoms with Crippen LogP contribution in [0.1, 0.15) is 24.4 Å². The SMILES string of the molecule is Cc1nc(-c2nc(-c3ccncc3)no2)c2n1CCCC2. The normalized spacial score (nSPS) is 14.1. The van der Waals surface area contributed by atoms with Crippen molar-refractivity contribution in [3.05, 3.63) is 36.0 Å². The average molecular weight is 281 g/mol. The van der Waals surface area contributed by atoms with E-state index in [4.69, 9.17) is 4.52 Å². The average Bonchev–Trinajstić information content (AvgIpc) is 3.14. The highest BCUT2D eigenvalue weighted by atomic mass is 16.5. The first kappa shape index (κ1) is 12.3. The Hall–Kier alpha value is -2.50. The zero-order valence-electron chi connectivity index (χ0n) is 11.8. The molecule has 6 heteroatoms. The molecule has 0 bridgehead atoms. The van der Waals surface area contributed by atoms with E-state index in [0.717, 1.165) is 30.0 Å². The van der Waals surface area contributed by atoms with Gasteiger partial charge in [-0.3, -0.25) is 4.98 Å². The predicted molar refractivity (Wildman–Crippen MR) is 76.4 cm³/mol. The second-order valence-electron chi connectivity index (χ2n) is 5.22. The molecule has 4 rings (SSSR count). The predicted octanol–water partition coefficient (Wildman–Crippen LogP) is 2.64. The number of aromatic nitrogens is 5. The van der Waals surface area contributed by atoms with Crippen molar-refractivity contribution in [3.8, 4) is 23.0 Å². The Morgan fingerprint density at radius 2 is 2.00 bits per heavy atom. The molecule has 6 nitrogen and oxygen atoms in total. The Balaban J connectivity index is 1.77. The summed E-state index contributed by atoms with van der Waals surface area (Å²) in [5.74, 6) is 2.09. The maximum absolute atomic E-state index is 5.43. The van der Waals surface area contributed by atoms with Crippen LogP contribution in [0, 0.1) is 6.92 Å². The molecule has 1 aliphatic rings. The van der Waals surface area contributed by atoms with E-state index in [1.807, 2.05) is 19.1 Å². The van der Waals surface area contributed by atoms with Crippen molar-refractivity contribution in [3.63, 3.8) is 0 Å². The molecule has 0 N–H and O–H groups in total. The fourth-order valence-electron chi connectivity index (χ4n) is 2.83. The smallest absolute Gasteiger partial charge is 0.278 e. The first-order valence-corrected chi connectivity index (χ1v) is 7.13. The summed E-state index contributed by atoms with van der Waals surface area (Å²) < 4.78 is 7.69. The zero-order valence-corrected chi connectivity index (χ0v) is 11.8. The van der Waals surface area contributed by atoms with Gasteiger partial charge in [-0.25, -0.2) is 4.98 Å².